The highest BCUT2D eigenvalue weighted by molar-refractivity contribution is 5.81. The zero-order valence-corrected chi connectivity index (χ0v) is 10.1. The van der Waals surface area contributed by atoms with E-state index < -0.39 is 0 Å². The van der Waals surface area contributed by atoms with Crippen LogP contribution in [0, 0.1) is 0 Å². The predicted octanol–water partition coefficient (Wildman–Crippen LogP) is 0.750. The van der Waals surface area contributed by atoms with Crippen LogP contribution in [0.25, 0.3) is 0 Å². The molecule has 0 bridgehead atoms. The number of carbonyl (C=O) groups is 1. The molecule has 0 radical (unpaired) electrons. The van der Waals surface area contributed by atoms with E-state index in [0.717, 1.165) is 0 Å². The summed E-state index contributed by atoms with van der Waals surface area (Å²) in [5, 5.41) is 0. The van der Waals surface area contributed by atoms with E-state index in [1.807, 2.05) is 32.6 Å². The van der Waals surface area contributed by atoms with E-state index in [9.17, 15) is 4.79 Å². The quantitative estimate of drug-likeness (QED) is 0.738. The summed E-state index contributed by atoms with van der Waals surface area (Å²) in [6, 6.07) is -0.369. The summed E-state index contributed by atoms with van der Waals surface area (Å²) in [7, 11) is 0. The van der Waals surface area contributed by atoms with Crippen LogP contribution in [0.3, 0.4) is 0 Å². The Kier molecular flexibility index (Phi) is 3.73. The highest BCUT2D eigenvalue weighted by atomic mass is 16.5. The standard InChI is InChI=1S/C11H22N2O2/c1-5-9(12)10(14)13-6-8(2)15-11(3,4)7-13/h8-9H,5-7,12H2,1-4H3. The molecule has 2 unspecified atom stereocenters. The van der Waals surface area contributed by atoms with Gasteiger partial charge in [0.25, 0.3) is 0 Å². The molecule has 1 aliphatic heterocycles. The molecule has 1 heterocycles. The van der Waals surface area contributed by atoms with Gasteiger partial charge in [0.05, 0.1) is 17.7 Å². The Morgan fingerprint density at radius 1 is 1.67 bits per heavy atom. The lowest BCUT2D eigenvalue weighted by Gasteiger charge is -2.42. The van der Waals surface area contributed by atoms with E-state index in [1.54, 1.807) is 0 Å². The minimum absolute atomic E-state index is 0.0423. The van der Waals surface area contributed by atoms with Crippen molar-refractivity contribution in [3.63, 3.8) is 0 Å². The van der Waals surface area contributed by atoms with Crippen molar-refractivity contribution >= 4 is 5.91 Å². The topological polar surface area (TPSA) is 55.6 Å². The number of nitrogens with two attached hydrogens (primary N) is 1. The van der Waals surface area contributed by atoms with E-state index in [2.05, 4.69) is 0 Å². The second-order valence-electron chi connectivity index (χ2n) is 4.92. The van der Waals surface area contributed by atoms with Gasteiger partial charge in [-0.15, -0.1) is 0 Å². The lowest BCUT2D eigenvalue weighted by molar-refractivity contribution is -0.159. The number of hydrogen-bond donors (Lipinski definition) is 1. The third kappa shape index (κ3) is 3.18. The Hall–Kier alpha value is -0.610. The first-order valence-corrected chi connectivity index (χ1v) is 5.58. The second-order valence-corrected chi connectivity index (χ2v) is 4.92. The van der Waals surface area contributed by atoms with Gasteiger partial charge in [0.2, 0.25) is 5.91 Å². The van der Waals surface area contributed by atoms with Crippen molar-refractivity contribution in [1.29, 1.82) is 0 Å². The van der Waals surface area contributed by atoms with E-state index in [4.69, 9.17) is 10.5 Å². The van der Waals surface area contributed by atoms with Crippen molar-refractivity contribution in [2.24, 2.45) is 5.73 Å². The molecule has 0 aromatic rings. The van der Waals surface area contributed by atoms with Crippen LogP contribution in [0.5, 0.6) is 0 Å². The monoisotopic (exact) mass is 214 g/mol. The van der Waals surface area contributed by atoms with Crippen LogP contribution in [0.1, 0.15) is 34.1 Å². The number of amides is 1. The molecule has 1 rings (SSSR count). The Morgan fingerprint density at radius 3 is 2.73 bits per heavy atom. The average molecular weight is 214 g/mol. The number of nitrogens with zero attached hydrogens (tertiary/aromatic N) is 1. The molecule has 1 amide bonds. The van der Waals surface area contributed by atoms with Crippen LogP contribution in [0.2, 0.25) is 0 Å². The summed E-state index contributed by atoms with van der Waals surface area (Å²) in [5.74, 6) is 0.0423. The molecule has 1 saturated heterocycles. The summed E-state index contributed by atoms with van der Waals surface area (Å²) >= 11 is 0. The van der Waals surface area contributed by atoms with Gasteiger partial charge in [-0.25, -0.2) is 0 Å². The fourth-order valence-electron chi connectivity index (χ4n) is 2.03. The van der Waals surface area contributed by atoms with Gasteiger partial charge in [-0.1, -0.05) is 6.92 Å². The molecular formula is C11H22N2O2. The van der Waals surface area contributed by atoms with Crippen LogP contribution in [-0.4, -0.2) is 41.6 Å². The molecule has 0 saturated carbocycles. The molecule has 0 aromatic heterocycles. The molecule has 1 fully saturated rings. The molecule has 0 aliphatic carbocycles. The largest absolute Gasteiger partial charge is 0.369 e. The van der Waals surface area contributed by atoms with Gasteiger partial charge < -0.3 is 15.4 Å². The minimum atomic E-state index is -0.369. The summed E-state index contributed by atoms with van der Waals surface area (Å²) in [4.78, 5) is 13.7. The fraction of sp³-hybridized carbons (Fsp3) is 0.909. The van der Waals surface area contributed by atoms with Crippen molar-refractivity contribution < 1.29 is 9.53 Å². The SMILES string of the molecule is CCC(N)C(=O)N1CC(C)OC(C)(C)C1. The minimum Gasteiger partial charge on any atom is -0.369 e. The first-order chi connectivity index (χ1) is 6.85. The van der Waals surface area contributed by atoms with Gasteiger partial charge in [0.15, 0.2) is 0 Å². The van der Waals surface area contributed by atoms with Crippen LogP contribution in [-0.2, 0) is 9.53 Å². The van der Waals surface area contributed by atoms with Crippen LogP contribution in [0.4, 0.5) is 0 Å². The van der Waals surface area contributed by atoms with Crippen LogP contribution >= 0.6 is 0 Å². The molecule has 88 valence electrons. The third-order valence-electron chi connectivity index (χ3n) is 2.64. The van der Waals surface area contributed by atoms with Gasteiger partial charge in [-0.05, 0) is 27.2 Å². The van der Waals surface area contributed by atoms with E-state index >= 15 is 0 Å². The third-order valence-corrected chi connectivity index (χ3v) is 2.64. The maximum atomic E-state index is 11.9. The predicted molar refractivity (Wildman–Crippen MR) is 59.5 cm³/mol. The molecule has 2 N–H and O–H groups in total. The van der Waals surface area contributed by atoms with Gasteiger partial charge in [-0.2, -0.15) is 0 Å². The molecule has 1 aliphatic rings. The smallest absolute Gasteiger partial charge is 0.239 e. The first-order valence-electron chi connectivity index (χ1n) is 5.58. The molecule has 15 heavy (non-hydrogen) atoms. The van der Waals surface area contributed by atoms with Crippen molar-refractivity contribution in [2.45, 2.75) is 51.9 Å². The molecule has 0 spiro atoms. The molecular weight excluding hydrogens is 192 g/mol. The van der Waals surface area contributed by atoms with Crippen LogP contribution in [0.15, 0.2) is 0 Å². The second kappa shape index (κ2) is 4.49. The number of rotatable bonds is 2. The number of carbonyl (C=O) groups excluding carboxylic acids is 1. The fourth-order valence-corrected chi connectivity index (χ4v) is 2.03. The van der Waals surface area contributed by atoms with E-state index in [-0.39, 0.29) is 23.7 Å². The van der Waals surface area contributed by atoms with Gasteiger partial charge >= 0.3 is 0 Å². The van der Waals surface area contributed by atoms with Crippen molar-refractivity contribution in [3.05, 3.63) is 0 Å². The Labute approximate surface area is 91.8 Å². The number of hydrogen-bond acceptors (Lipinski definition) is 3. The molecule has 4 heteroatoms. The average Bonchev–Trinajstić information content (AvgIpc) is 2.12. The maximum Gasteiger partial charge on any atom is 0.239 e. The van der Waals surface area contributed by atoms with Gasteiger partial charge in [0, 0.05) is 13.1 Å². The summed E-state index contributed by atoms with van der Waals surface area (Å²) < 4.78 is 5.73. The Morgan fingerprint density at radius 2 is 2.27 bits per heavy atom. The van der Waals surface area contributed by atoms with Crippen LogP contribution < -0.4 is 5.73 Å². The maximum absolute atomic E-state index is 11.9. The van der Waals surface area contributed by atoms with Crippen molar-refractivity contribution in [3.8, 4) is 0 Å². The number of morpholine rings is 1. The highest BCUT2D eigenvalue weighted by Crippen LogP contribution is 2.21. The van der Waals surface area contributed by atoms with E-state index in [0.29, 0.717) is 19.5 Å². The lowest BCUT2D eigenvalue weighted by atomic mass is 10.0. The van der Waals surface area contributed by atoms with E-state index in [1.165, 1.54) is 0 Å². The van der Waals surface area contributed by atoms with Gasteiger partial charge in [0.1, 0.15) is 0 Å². The summed E-state index contributed by atoms with van der Waals surface area (Å²) in [6.45, 7) is 9.19. The van der Waals surface area contributed by atoms with Crippen molar-refractivity contribution in [2.75, 3.05) is 13.1 Å². The van der Waals surface area contributed by atoms with Gasteiger partial charge in [-0.3, -0.25) is 4.79 Å². The zero-order chi connectivity index (χ0) is 11.6. The summed E-state index contributed by atoms with van der Waals surface area (Å²) in [6.07, 6.45) is 0.770. The molecule has 2 atom stereocenters. The first kappa shape index (κ1) is 12.5. The normalized spacial score (nSPS) is 27.5. The highest BCUT2D eigenvalue weighted by Gasteiger charge is 2.34. The Balaban J connectivity index is 2.66. The molecule has 0 aromatic carbocycles. The zero-order valence-electron chi connectivity index (χ0n) is 10.1. The Bertz CT molecular complexity index is 241. The summed E-state index contributed by atoms with van der Waals surface area (Å²) in [5.41, 5.74) is 5.49. The lowest BCUT2D eigenvalue weighted by Crippen LogP contribution is -2.57. The van der Waals surface area contributed by atoms with Crippen molar-refractivity contribution in [1.82, 2.24) is 4.90 Å². The molecule has 4 nitrogen and oxygen atoms in total. The number of ether oxygens (including phenoxy) is 1.